The molecule has 0 bridgehead atoms. The average molecular weight is 1580 g/mol. The molecule has 17 atom stereocenters. The van der Waals surface area contributed by atoms with Crippen LogP contribution in [-0.4, -0.2) is 282 Å². The van der Waals surface area contributed by atoms with E-state index in [1.54, 1.807) is 13.8 Å². The summed E-state index contributed by atoms with van der Waals surface area (Å²) in [5, 5.41) is 87.4. The fraction of sp³-hybridized carbons (Fsp3) is 0.701. The fourth-order valence-corrected chi connectivity index (χ4v) is 11.6. The zero-order valence-electron chi connectivity index (χ0n) is 63.6. The number of aliphatic hydroxyl groups excluding tert-OH is 3. The van der Waals surface area contributed by atoms with Gasteiger partial charge in [0.1, 0.15) is 84.6 Å². The molecule has 44 heteroatoms. The van der Waals surface area contributed by atoms with Crippen LogP contribution in [0.4, 0.5) is 0 Å². The molecule has 2 aliphatic rings. The van der Waals surface area contributed by atoms with E-state index in [-0.39, 0.29) is 38.8 Å². The van der Waals surface area contributed by atoms with Gasteiger partial charge in [0.05, 0.1) is 38.2 Å². The number of carbonyl (C=O) groups is 20. The van der Waals surface area contributed by atoms with Crippen LogP contribution in [-0.2, 0) is 95.9 Å². The molecule has 624 valence electrons. The van der Waals surface area contributed by atoms with E-state index in [1.807, 2.05) is 0 Å². The SMILES string of the molecule is CC[C@H](C)[C@H](NC(=O)CNC(=O)[C@@H](NC(=O)[C@H](CCC(N)=O)NC(=O)[C@@H]1CCCN1C(=O)[C@H](CC(=O)O)NC(=O)[C@@H]1CCCN1C(=O)[C@@H](NC(=O)[C@H](CC(N)=O)NC(=O)[C@H](CCC(N)=O)NC(=O)[C@H](CCC(=O)O)NC(=O)[C@@H](NC(=O)[C@H](CO)NC(=O)[C@@H](NC(=O)[C@@H](N)[C@@H](C)O)C(C)C)[C@@H](C)O)C(C)C)C(C)C)C(=O)O. The Morgan fingerprint density at radius 2 is 0.802 bits per heavy atom. The Balaban J connectivity index is 2.42. The second-order valence-corrected chi connectivity index (χ2v) is 28.3. The maximum absolute atomic E-state index is 14.6. The molecule has 0 aliphatic carbocycles. The molecule has 0 aromatic heterocycles. The van der Waals surface area contributed by atoms with Crippen molar-refractivity contribution in [3.8, 4) is 0 Å². The van der Waals surface area contributed by atoms with Crippen molar-refractivity contribution in [3.05, 3.63) is 0 Å². The number of carbonyl (C=O) groups excluding carboxylic acids is 17. The summed E-state index contributed by atoms with van der Waals surface area (Å²) in [5.41, 5.74) is 22.0. The summed E-state index contributed by atoms with van der Waals surface area (Å²) in [5.74, 6) is -26.0. The molecule has 0 unspecified atom stereocenters. The highest BCUT2D eigenvalue weighted by Gasteiger charge is 2.45. The van der Waals surface area contributed by atoms with Crippen molar-refractivity contribution in [1.29, 1.82) is 0 Å². The summed E-state index contributed by atoms with van der Waals surface area (Å²) in [6.45, 7) is 12.2. The first-order chi connectivity index (χ1) is 51.7. The molecule has 0 saturated carbocycles. The maximum Gasteiger partial charge on any atom is 0.326 e. The van der Waals surface area contributed by atoms with E-state index >= 15 is 0 Å². The molecular weight excluding hydrogens is 1470 g/mol. The van der Waals surface area contributed by atoms with Crippen molar-refractivity contribution in [1.82, 2.24) is 73.6 Å². The molecule has 2 fully saturated rings. The molecule has 111 heavy (non-hydrogen) atoms. The number of nitrogens with two attached hydrogens (primary N) is 4. The topological polar surface area (TPSA) is 718 Å². The summed E-state index contributed by atoms with van der Waals surface area (Å²) >= 11 is 0. The lowest BCUT2D eigenvalue weighted by Gasteiger charge is -2.33. The van der Waals surface area contributed by atoms with E-state index in [1.165, 1.54) is 48.5 Å². The molecule has 0 radical (unpaired) electrons. The molecule has 2 saturated heterocycles. The number of rotatable bonds is 48. The number of aliphatic carboxylic acids is 3. The second-order valence-electron chi connectivity index (χ2n) is 28.3. The summed E-state index contributed by atoms with van der Waals surface area (Å²) in [7, 11) is 0. The Labute approximate surface area is 638 Å². The summed E-state index contributed by atoms with van der Waals surface area (Å²) in [6.07, 6.45) is -8.80. The van der Waals surface area contributed by atoms with Gasteiger partial charge in [-0.2, -0.15) is 0 Å². The quantitative estimate of drug-likeness (QED) is 0.0269. The van der Waals surface area contributed by atoms with Crippen LogP contribution in [0, 0.1) is 23.7 Å². The third kappa shape index (κ3) is 31.3. The Kier molecular flexibility index (Phi) is 39.9. The Hall–Kier alpha value is -10.8. The highest BCUT2D eigenvalue weighted by atomic mass is 16.4. The van der Waals surface area contributed by atoms with Crippen LogP contribution >= 0.6 is 0 Å². The number of hydrogen-bond donors (Lipinski definition) is 22. The molecule has 2 heterocycles. The van der Waals surface area contributed by atoms with Gasteiger partial charge in [-0.05, 0) is 82.5 Å². The Morgan fingerprint density at radius 3 is 1.24 bits per heavy atom. The number of carboxylic acid groups (broad SMARTS) is 3. The highest BCUT2D eigenvalue weighted by Crippen LogP contribution is 2.24. The normalized spacial score (nSPS) is 18.1. The van der Waals surface area contributed by atoms with Crippen molar-refractivity contribution < 1.29 is 127 Å². The van der Waals surface area contributed by atoms with E-state index in [0.717, 1.165) is 16.7 Å². The van der Waals surface area contributed by atoms with Crippen LogP contribution in [0.25, 0.3) is 0 Å². The van der Waals surface area contributed by atoms with Gasteiger partial charge in [0.15, 0.2) is 0 Å². The summed E-state index contributed by atoms with van der Waals surface area (Å²) in [4.78, 5) is 268. The first-order valence-electron chi connectivity index (χ1n) is 36.2. The van der Waals surface area contributed by atoms with Crippen molar-refractivity contribution in [2.24, 2.45) is 46.6 Å². The van der Waals surface area contributed by atoms with Gasteiger partial charge in [-0.15, -0.1) is 0 Å². The van der Waals surface area contributed by atoms with E-state index < -0.39 is 303 Å². The van der Waals surface area contributed by atoms with Gasteiger partial charge >= 0.3 is 17.9 Å². The second kappa shape index (κ2) is 46.0. The third-order valence-corrected chi connectivity index (χ3v) is 18.3. The molecule has 26 N–H and O–H groups in total. The van der Waals surface area contributed by atoms with Crippen molar-refractivity contribution in [3.63, 3.8) is 0 Å². The number of likely N-dealkylation sites (tertiary alicyclic amines) is 2. The van der Waals surface area contributed by atoms with Crippen molar-refractivity contribution in [2.75, 3.05) is 26.2 Å². The number of amides is 17. The minimum Gasteiger partial charge on any atom is -0.481 e. The number of carboxylic acids is 3. The molecule has 44 nitrogen and oxygen atoms in total. The first-order valence-corrected chi connectivity index (χ1v) is 36.2. The molecular formula is C67H110N18O26. The van der Waals surface area contributed by atoms with E-state index in [4.69, 9.17) is 22.9 Å². The monoisotopic (exact) mass is 1580 g/mol. The minimum atomic E-state index is -2.06. The number of hydrogen-bond acceptors (Lipinski definition) is 24. The molecule has 0 aromatic carbocycles. The first kappa shape index (κ1) is 96.3. The Bertz CT molecular complexity index is 3390. The van der Waals surface area contributed by atoms with Gasteiger partial charge in [-0.1, -0.05) is 61.8 Å². The molecule has 0 aromatic rings. The largest absolute Gasteiger partial charge is 0.481 e. The number of primary amides is 3. The lowest BCUT2D eigenvalue weighted by molar-refractivity contribution is -0.148. The van der Waals surface area contributed by atoms with E-state index in [2.05, 4.69) is 63.8 Å². The standard InChI is InChI=1S/C67H110N18O26/c1-11-31(8)52(67(110)111)79-45(92)26-72-62(105)49(28(2)3)80-56(99)35(17-20-43(69)90)74-59(102)40-14-12-22-84(40)65(108)38(25-47(95)96)77-60(103)41-15-13-23-85(41)66(109)51(30(6)7)82-57(100)37(24-44(70)91)76-55(98)34(16-19-42(68)89)73-54(97)36(18-21-46(93)94)75-64(107)53(33(10)88)83-58(101)39(27-86)78-63(106)50(29(4)5)81-61(104)48(71)32(9)87/h28-41,48-53,86-88H,11-27,71H2,1-10H3,(H2,68,89)(H2,69,90)(H2,70,91)(H,72,105)(H,73,97)(H,74,102)(H,75,107)(H,76,98)(H,77,103)(H,78,106)(H,79,92)(H,80,99)(H,81,104)(H,82,100)(H,83,101)(H,93,94)(H,95,96)(H,110,111)/t31-,32+,33+,34-,35-,36-,37-,38-,39-,40-,41-,48-,49-,50-,51-,52-,53-/m0/s1. The zero-order chi connectivity index (χ0) is 84.8. The summed E-state index contributed by atoms with van der Waals surface area (Å²) in [6, 6.07) is -23.5. The third-order valence-electron chi connectivity index (χ3n) is 18.3. The molecule has 0 spiro atoms. The highest BCUT2D eigenvalue weighted by molar-refractivity contribution is 6.02. The predicted octanol–water partition coefficient (Wildman–Crippen LogP) is -9.66. The van der Waals surface area contributed by atoms with Crippen LogP contribution in [0.5, 0.6) is 0 Å². The van der Waals surface area contributed by atoms with Crippen LogP contribution in [0.2, 0.25) is 0 Å². The van der Waals surface area contributed by atoms with E-state index in [9.17, 15) is 127 Å². The predicted molar refractivity (Wildman–Crippen MR) is 384 cm³/mol. The van der Waals surface area contributed by atoms with Crippen LogP contribution < -0.4 is 86.7 Å². The smallest absolute Gasteiger partial charge is 0.326 e. The van der Waals surface area contributed by atoms with Gasteiger partial charge in [0.2, 0.25) is 100 Å². The maximum atomic E-state index is 14.6. The van der Waals surface area contributed by atoms with Crippen molar-refractivity contribution in [2.45, 2.75) is 250 Å². The fourth-order valence-electron chi connectivity index (χ4n) is 11.6. The van der Waals surface area contributed by atoms with Crippen LogP contribution in [0.1, 0.15) is 153 Å². The van der Waals surface area contributed by atoms with Crippen LogP contribution in [0.15, 0.2) is 0 Å². The van der Waals surface area contributed by atoms with Gasteiger partial charge in [0.25, 0.3) is 0 Å². The number of nitrogens with zero attached hydrogens (tertiary/aromatic N) is 2. The summed E-state index contributed by atoms with van der Waals surface area (Å²) < 4.78 is 0. The lowest BCUT2D eigenvalue weighted by Crippen LogP contribution is -2.63. The lowest BCUT2D eigenvalue weighted by atomic mass is 9.99. The number of aliphatic hydroxyl groups is 3. The van der Waals surface area contributed by atoms with Gasteiger partial charge in [-0.3, -0.25) is 91.1 Å². The molecule has 2 rings (SSSR count). The van der Waals surface area contributed by atoms with E-state index in [0.29, 0.717) is 6.42 Å². The van der Waals surface area contributed by atoms with Crippen LogP contribution in [0.3, 0.4) is 0 Å². The van der Waals surface area contributed by atoms with Crippen molar-refractivity contribution >= 4 is 118 Å². The molecule has 2 aliphatic heterocycles. The Morgan fingerprint density at radius 1 is 0.405 bits per heavy atom. The average Bonchev–Trinajstić information content (AvgIpc) is 1.71. The minimum absolute atomic E-state index is 0.0771. The number of nitrogens with one attached hydrogen (secondary N) is 12. The zero-order valence-corrected chi connectivity index (χ0v) is 63.6. The molecule has 17 amide bonds. The van der Waals surface area contributed by atoms with Gasteiger partial charge in [0, 0.05) is 32.4 Å². The van der Waals surface area contributed by atoms with Gasteiger partial charge in [-0.25, -0.2) is 4.79 Å². The van der Waals surface area contributed by atoms with Gasteiger partial charge < -0.3 is 127 Å².